The smallest absolute Gasteiger partial charge is 0.0815 e. The molecule has 2 heterocycles. The van der Waals surface area contributed by atoms with Crippen LogP contribution in [0.25, 0.3) is 0 Å². The van der Waals surface area contributed by atoms with Crippen LogP contribution in [0.2, 0.25) is 0 Å². The lowest BCUT2D eigenvalue weighted by atomic mass is 9.91. The monoisotopic (exact) mass is 345 g/mol. The summed E-state index contributed by atoms with van der Waals surface area (Å²) in [4.78, 5) is 1.49. The van der Waals surface area contributed by atoms with Crippen molar-refractivity contribution in [3.05, 3.63) is 20.3 Å². The molecule has 106 valence electrons. The third-order valence-corrected chi connectivity index (χ3v) is 5.90. The number of aryl methyl sites for hydroxylation is 1. The third kappa shape index (κ3) is 3.22. The van der Waals surface area contributed by atoms with E-state index in [1.165, 1.54) is 33.5 Å². The Labute approximate surface area is 126 Å². The largest absolute Gasteiger partial charge is 0.388 e. The van der Waals surface area contributed by atoms with Gasteiger partial charge in [-0.1, -0.05) is 0 Å². The van der Waals surface area contributed by atoms with Crippen LogP contribution >= 0.6 is 27.3 Å². The summed E-state index contributed by atoms with van der Waals surface area (Å²) in [6.45, 7) is 2.03. The Balaban J connectivity index is 1.64. The van der Waals surface area contributed by atoms with Gasteiger partial charge in [-0.3, -0.25) is 0 Å². The molecule has 1 unspecified atom stereocenters. The highest BCUT2D eigenvalue weighted by atomic mass is 79.9. The van der Waals surface area contributed by atoms with Gasteiger partial charge in [0.05, 0.1) is 9.39 Å². The van der Waals surface area contributed by atoms with Crippen LogP contribution in [0.1, 0.15) is 42.2 Å². The summed E-state index contributed by atoms with van der Waals surface area (Å²) in [5.41, 5.74) is 0.849. The maximum atomic E-state index is 10.5. The van der Waals surface area contributed by atoms with Crippen LogP contribution in [-0.2, 0) is 11.2 Å². The van der Waals surface area contributed by atoms with E-state index in [-0.39, 0.29) is 0 Å². The van der Waals surface area contributed by atoms with Crippen molar-refractivity contribution in [1.82, 2.24) is 5.32 Å². The predicted molar refractivity (Wildman–Crippen MR) is 80.7 cm³/mol. The molecule has 1 aromatic rings. The summed E-state index contributed by atoms with van der Waals surface area (Å²) < 4.78 is 6.54. The van der Waals surface area contributed by atoms with Crippen LogP contribution < -0.4 is 5.32 Å². The topological polar surface area (TPSA) is 41.5 Å². The van der Waals surface area contributed by atoms with E-state index in [1.54, 1.807) is 0 Å². The zero-order valence-corrected chi connectivity index (χ0v) is 13.4. The van der Waals surface area contributed by atoms with E-state index in [0.29, 0.717) is 25.8 Å². The number of rotatable bonds is 3. The van der Waals surface area contributed by atoms with Gasteiger partial charge in [-0.05, 0) is 46.8 Å². The molecule has 0 bridgehead atoms. The van der Waals surface area contributed by atoms with Crippen molar-refractivity contribution in [3.63, 3.8) is 0 Å². The van der Waals surface area contributed by atoms with Gasteiger partial charge in [-0.25, -0.2) is 0 Å². The molecule has 1 aromatic heterocycles. The highest BCUT2D eigenvalue weighted by Gasteiger charge is 2.31. The van der Waals surface area contributed by atoms with Gasteiger partial charge in [-0.15, -0.1) is 11.3 Å². The summed E-state index contributed by atoms with van der Waals surface area (Å²) in [7, 11) is 0. The second-order valence-corrected chi connectivity index (χ2v) is 8.11. The van der Waals surface area contributed by atoms with E-state index in [2.05, 4.69) is 27.3 Å². The van der Waals surface area contributed by atoms with Gasteiger partial charge in [-0.2, -0.15) is 0 Å². The second kappa shape index (κ2) is 5.82. The van der Waals surface area contributed by atoms with E-state index in [4.69, 9.17) is 4.74 Å². The molecule has 0 aromatic carbocycles. The van der Waals surface area contributed by atoms with Gasteiger partial charge in [0.25, 0.3) is 0 Å². The Morgan fingerprint density at radius 2 is 2.26 bits per heavy atom. The molecule has 2 aliphatic rings. The molecule has 1 atom stereocenters. The Hall–Kier alpha value is 0.0600. The Bertz CT molecular complexity index is 443. The number of hydrogen-bond acceptors (Lipinski definition) is 4. The zero-order chi connectivity index (χ0) is 13.3. The minimum absolute atomic E-state index is 0.401. The summed E-state index contributed by atoms with van der Waals surface area (Å²) in [6, 6.07) is 2.64. The fourth-order valence-corrected chi connectivity index (χ4v) is 4.79. The second-order valence-electron chi connectivity index (χ2n) is 5.59. The van der Waals surface area contributed by atoms with Gasteiger partial charge in [0.2, 0.25) is 0 Å². The van der Waals surface area contributed by atoms with Gasteiger partial charge < -0.3 is 15.2 Å². The number of nitrogens with one attached hydrogen (secondary N) is 1. The van der Waals surface area contributed by atoms with E-state index >= 15 is 0 Å². The summed E-state index contributed by atoms with van der Waals surface area (Å²) in [5.74, 6) is 0. The van der Waals surface area contributed by atoms with Crippen molar-refractivity contribution in [2.75, 3.05) is 19.8 Å². The van der Waals surface area contributed by atoms with Gasteiger partial charge >= 0.3 is 0 Å². The number of aliphatic hydroxyl groups is 1. The number of hydrogen-bond donors (Lipinski definition) is 2. The Kier molecular flexibility index (Phi) is 4.29. The van der Waals surface area contributed by atoms with E-state index in [0.717, 1.165) is 12.8 Å². The zero-order valence-electron chi connectivity index (χ0n) is 11.0. The first-order chi connectivity index (χ1) is 9.16. The SMILES string of the molecule is OC1(CNC2CCCc3sc(Br)cc32)CCOCC1. The average Bonchev–Trinajstić information content (AvgIpc) is 2.78. The molecule has 5 heteroatoms. The van der Waals surface area contributed by atoms with Crippen LogP contribution in [-0.4, -0.2) is 30.5 Å². The highest BCUT2D eigenvalue weighted by Crippen LogP contribution is 2.38. The molecule has 19 heavy (non-hydrogen) atoms. The molecule has 0 radical (unpaired) electrons. The summed E-state index contributed by atoms with van der Waals surface area (Å²) in [6.07, 6.45) is 5.09. The Morgan fingerprint density at radius 1 is 1.47 bits per heavy atom. The quantitative estimate of drug-likeness (QED) is 0.884. The minimum atomic E-state index is -0.580. The lowest BCUT2D eigenvalue weighted by Crippen LogP contribution is -2.46. The van der Waals surface area contributed by atoms with Crippen molar-refractivity contribution in [2.24, 2.45) is 0 Å². The van der Waals surface area contributed by atoms with E-state index in [9.17, 15) is 5.11 Å². The fraction of sp³-hybridized carbons (Fsp3) is 0.714. The van der Waals surface area contributed by atoms with Gasteiger partial charge in [0.1, 0.15) is 0 Å². The molecule has 0 saturated carbocycles. The number of halogens is 1. The highest BCUT2D eigenvalue weighted by molar-refractivity contribution is 9.11. The molecule has 2 N–H and O–H groups in total. The first kappa shape index (κ1) is 14.0. The number of fused-ring (bicyclic) bond motifs is 1. The molecule has 1 saturated heterocycles. The molecule has 1 aliphatic carbocycles. The van der Waals surface area contributed by atoms with Gasteiger partial charge in [0, 0.05) is 43.5 Å². The molecular formula is C14H20BrNO2S. The first-order valence-electron chi connectivity index (χ1n) is 6.98. The van der Waals surface area contributed by atoms with Crippen LogP contribution in [0.4, 0.5) is 0 Å². The first-order valence-corrected chi connectivity index (χ1v) is 8.59. The summed E-state index contributed by atoms with van der Waals surface area (Å²) in [5, 5.41) is 14.1. The minimum Gasteiger partial charge on any atom is -0.388 e. The van der Waals surface area contributed by atoms with Crippen molar-refractivity contribution in [3.8, 4) is 0 Å². The molecule has 0 amide bonds. The lowest BCUT2D eigenvalue weighted by molar-refractivity contribution is -0.0630. The molecule has 3 nitrogen and oxygen atoms in total. The van der Waals surface area contributed by atoms with Crippen molar-refractivity contribution in [1.29, 1.82) is 0 Å². The van der Waals surface area contributed by atoms with Crippen molar-refractivity contribution >= 4 is 27.3 Å². The normalized spacial score (nSPS) is 26.1. The van der Waals surface area contributed by atoms with E-state index in [1.807, 2.05) is 11.3 Å². The third-order valence-electron chi connectivity index (χ3n) is 4.18. The number of thiophene rings is 1. The number of ether oxygens (including phenoxy) is 1. The average molecular weight is 346 g/mol. The van der Waals surface area contributed by atoms with Crippen molar-refractivity contribution < 1.29 is 9.84 Å². The predicted octanol–water partition coefficient (Wildman–Crippen LogP) is 3.02. The van der Waals surface area contributed by atoms with E-state index < -0.39 is 5.60 Å². The lowest BCUT2D eigenvalue weighted by Gasteiger charge is -2.34. The summed E-state index contributed by atoms with van der Waals surface area (Å²) >= 11 is 5.43. The van der Waals surface area contributed by atoms with Crippen molar-refractivity contribution in [2.45, 2.75) is 43.7 Å². The molecular weight excluding hydrogens is 326 g/mol. The molecule has 1 aliphatic heterocycles. The standard InChI is InChI=1S/C14H20BrNO2S/c15-13-8-10-11(2-1-3-12(10)19-13)16-9-14(17)4-6-18-7-5-14/h8,11,16-17H,1-7,9H2. The fourth-order valence-electron chi connectivity index (χ4n) is 2.97. The van der Waals surface area contributed by atoms with Crippen LogP contribution in [0, 0.1) is 0 Å². The molecule has 3 rings (SSSR count). The molecule has 0 spiro atoms. The van der Waals surface area contributed by atoms with Gasteiger partial charge in [0.15, 0.2) is 0 Å². The maximum Gasteiger partial charge on any atom is 0.0815 e. The van der Waals surface area contributed by atoms with Crippen LogP contribution in [0.5, 0.6) is 0 Å². The van der Waals surface area contributed by atoms with Crippen LogP contribution in [0.15, 0.2) is 9.85 Å². The molecule has 1 fully saturated rings. The maximum absolute atomic E-state index is 10.5. The van der Waals surface area contributed by atoms with Crippen LogP contribution in [0.3, 0.4) is 0 Å². The Morgan fingerprint density at radius 3 is 3.05 bits per heavy atom.